The molecule has 2 nitrogen and oxygen atoms in total. The van der Waals surface area contributed by atoms with Crippen LogP contribution in [0.25, 0.3) is 0 Å². The minimum atomic E-state index is -0.326. The molecule has 72 valence electrons. The van der Waals surface area contributed by atoms with Crippen molar-refractivity contribution in [1.82, 2.24) is 0 Å². The van der Waals surface area contributed by atoms with Crippen LogP contribution in [0.5, 0.6) is 0 Å². The molecule has 2 atom stereocenters. The third kappa shape index (κ3) is 1.93. The van der Waals surface area contributed by atoms with Gasteiger partial charge in [-0.25, -0.2) is 0 Å². The summed E-state index contributed by atoms with van der Waals surface area (Å²) in [5, 5.41) is 12.0. The Kier molecular flexibility index (Phi) is 2.67. The van der Waals surface area contributed by atoms with Crippen molar-refractivity contribution in [2.45, 2.75) is 19.4 Å². The maximum atomic E-state index is 9.96. The maximum absolute atomic E-state index is 9.96. The fourth-order valence-corrected chi connectivity index (χ4v) is 2.43. The van der Waals surface area contributed by atoms with Gasteiger partial charge in [0.15, 0.2) is 0 Å². The third-order valence-corrected chi connectivity index (χ3v) is 3.38. The number of rotatable bonds is 2. The Morgan fingerprint density at radius 1 is 1.69 bits per heavy atom. The molecule has 1 aliphatic rings. The zero-order valence-corrected chi connectivity index (χ0v) is 8.51. The Morgan fingerprint density at radius 3 is 3.08 bits per heavy atom. The zero-order chi connectivity index (χ0) is 9.26. The van der Waals surface area contributed by atoms with Gasteiger partial charge in [-0.15, -0.1) is 11.3 Å². The molecule has 1 aromatic rings. The van der Waals surface area contributed by atoms with Gasteiger partial charge in [-0.2, -0.15) is 0 Å². The van der Waals surface area contributed by atoms with Crippen LogP contribution in [0, 0.1) is 12.8 Å². The molecular weight excluding hydrogens is 184 g/mol. The SMILES string of the molecule is Cc1cc(C(O)C2CCOC2)cs1. The van der Waals surface area contributed by atoms with Crippen LogP contribution in [0.1, 0.15) is 23.0 Å². The quantitative estimate of drug-likeness (QED) is 0.788. The standard InChI is InChI=1S/C10H14O2S/c1-7-4-9(6-13-7)10(11)8-2-3-12-5-8/h4,6,8,10-11H,2-3,5H2,1H3. The second-order valence-corrected chi connectivity index (χ2v) is 4.67. The largest absolute Gasteiger partial charge is 0.388 e. The first kappa shape index (κ1) is 9.19. The van der Waals surface area contributed by atoms with Crippen LogP contribution < -0.4 is 0 Å². The predicted molar refractivity (Wildman–Crippen MR) is 52.9 cm³/mol. The van der Waals surface area contributed by atoms with Crippen LogP contribution in [-0.4, -0.2) is 18.3 Å². The zero-order valence-electron chi connectivity index (χ0n) is 7.69. The normalized spacial score (nSPS) is 24.9. The van der Waals surface area contributed by atoms with E-state index in [2.05, 4.69) is 13.0 Å². The van der Waals surface area contributed by atoms with Gasteiger partial charge in [0, 0.05) is 17.4 Å². The average Bonchev–Trinajstić information content (AvgIpc) is 2.72. The highest BCUT2D eigenvalue weighted by Crippen LogP contribution is 2.30. The first-order valence-corrected chi connectivity index (χ1v) is 5.46. The van der Waals surface area contributed by atoms with E-state index in [1.54, 1.807) is 11.3 Å². The molecule has 0 saturated carbocycles. The number of aliphatic hydroxyl groups is 1. The molecule has 0 spiro atoms. The molecule has 2 unspecified atom stereocenters. The summed E-state index contributed by atoms with van der Waals surface area (Å²) in [5.41, 5.74) is 1.05. The Balaban J connectivity index is 2.07. The van der Waals surface area contributed by atoms with Gasteiger partial charge in [0.1, 0.15) is 0 Å². The molecule has 13 heavy (non-hydrogen) atoms. The van der Waals surface area contributed by atoms with Crippen LogP contribution >= 0.6 is 11.3 Å². The molecule has 0 aromatic carbocycles. The van der Waals surface area contributed by atoms with E-state index in [9.17, 15) is 5.11 Å². The van der Waals surface area contributed by atoms with Gasteiger partial charge in [0.2, 0.25) is 0 Å². The van der Waals surface area contributed by atoms with E-state index in [1.807, 2.05) is 5.38 Å². The van der Waals surface area contributed by atoms with Crippen LogP contribution in [0.4, 0.5) is 0 Å². The number of aliphatic hydroxyl groups excluding tert-OH is 1. The molecule has 2 rings (SSSR count). The highest BCUT2D eigenvalue weighted by Gasteiger charge is 2.25. The monoisotopic (exact) mass is 198 g/mol. The number of hydrogen-bond donors (Lipinski definition) is 1. The lowest BCUT2D eigenvalue weighted by molar-refractivity contribution is 0.0921. The van der Waals surface area contributed by atoms with Crippen molar-refractivity contribution in [3.05, 3.63) is 21.9 Å². The van der Waals surface area contributed by atoms with Crippen LogP contribution in [0.3, 0.4) is 0 Å². The topological polar surface area (TPSA) is 29.5 Å². The summed E-state index contributed by atoms with van der Waals surface area (Å²) < 4.78 is 5.25. The van der Waals surface area contributed by atoms with Gasteiger partial charge in [-0.05, 0) is 30.4 Å². The number of aryl methyl sites for hydroxylation is 1. The summed E-state index contributed by atoms with van der Waals surface area (Å²) in [5.74, 6) is 0.300. The van der Waals surface area contributed by atoms with Gasteiger partial charge < -0.3 is 9.84 Å². The number of hydrogen-bond acceptors (Lipinski definition) is 3. The van der Waals surface area contributed by atoms with E-state index in [4.69, 9.17) is 4.74 Å². The highest BCUT2D eigenvalue weighted by molar-refractivity contribution is 7.10. The smallest absolute Gasteiger partial charge is 0.0849 e. The molecule has 3 heteroatoms. The Bertz CT molecular complexity index is 276. The molecule has 1 fully saturated rings. The van der Waals surface area contributed by atoms with Gasteiger partial charge >= 0.3 is 0 Å². The summed E-state index contributed by atoms with van der Waals surface area (Å²) in [7, 11) is 0. The molecule has 1 aliphatic heterocycles. The first-order chi connectivity index (χ1) is 6.27. The average molecular weight is 198 g/mol. The maximum Gasteiger partial charge on any atom is 0.0849 e. The lowest BCUT2D eigenvalue weighted by atomic mass is 9.97. The summed E-state index contributed by atoms with van der Waals surface area (Å²) >= 11 is 1.69. The molecule has 2 heterocycles. The minimum Gasteiger partial charge on any atom is -0.388 e. The van der Waals surface area contributed by atoms with Crippen LogP contribution in [-0.2, 0) is 4.74 Å². The van der Waals surface area contributed by atoms with E-state index < -0.39 is 0 Å². The molecular formula is C10H14O2S. The van der Waals surface area contributed by atoms with Crippen molar-refractivity contribution in [1.29, 1.82) is 0 Å². The van der Waals surface area contributed by atoms with Gasteiger partial charge in [0.05, 0.1) is 12.7 Å². The molecule has 0 radical (unpaired) electrons. The Hall–Kier alpha value is -0.380. The Labute approximate surface area is 82.2 Å². The van der Waals surface area contributed by atoms with Crippen molar-refractivity contribution < 1.29 is 9.84 Å². The molecule has 0 aliphatic carbocycles. The van der Waals surface area contributed by atoms with Crippen molar-refractivity contribution in [3.63, 3.8) is 0 Å². The fraction of sp³-hybridized carbons (Fsp3) is 0.600. The highest BCUT2D eigenvalue weighted by atomic mass is 32.1. The molecule has 0 amide bonds. The second-order valence-electron chi connectivity index (χ2n) is 3.56. The van der Waals surface area contributed by atoms with E-state index in [0.717, 1.165) is 18.6 Å². The summed E-state index contributed by atoms with van der Waals surface area (Å²) in [6, 6.07) is 2.06. The lowest BCUT2D eigenvalue weighted by Gasteiger charge is -2.14. The first-order valence-electron chi connectivity index (χ1n) is 4.58. The summed E-state index contributed by atoms with van der Waals surface area (Å²) in [6.45, 7) is 3.56. The van der Waals surface area contributed by atoms with E-state index in [0.29, 0.717) is 12.5 Å². The van der Waals surface area contributed by atoms with Crippen LogP contribution in [0.15, 0.2) is 11.4 Å². The number of ether oxygens (including phenoxy) is 1. The van der Waals surface area contributed by atoms with E-state index in [-0.39, 0.29) is 6.10 Å². The van der Waals surface area contributed by atoms with Crippen molar-refractivity contribution in [2.24, 2.45) is 5.92 Å². The predicted octanol–water partition coefficient (Wildman–Crippen LogP) is 2.13. The third-order valence-electron chi connectivity index (χ3n) is 2.50. The molecule has 1 N–H and O–H groups in total. The van der Waals surface area contributed by atoms with Crippen molar-refractivity contribution >= 4 is 11.3 Å². The summed E-state index contributed by atoms with van der Waals surface area (Å²) in [6.07, 6.45) is 0.656. The van der Waals surface area contributed by atoms with E-state index >= 15 is 0 Å². The molecule has 1 aromatic heterocycles. The fourth-order valence-electron chi connectivity index (χ4n) is 1.69. The molecule has 0 bridgehead atoms. The minimum absolute atomic E-state index is 0.300. The van der Waals surface area contributed by atoms with Gasteiger partial charge in [-0.3, -0.25) is 0 Å². The van der Waals surface area contributed by atoms with E-state index in [1.165, 1.54) is 4.88 Å². The van der Waals surface area contributed by atoms with Crippen molar-refractivity contribution in [3.8, 4) is 0 Å². The Morgan fingerprint density at radius 2 is 2.54 bits per heavy atom. The van der Waals surface area contributed by atoms with Crippen molar-refractivity contribution in [2.75, 3.05) is 13.2 Å². The molecule has 1 saturated heterocycles. The van der Waals surface area contributed by atoms with Gasteiger partial charge in [0.25, 0.3) is 0 Å². The van der Waals surface area contributed by atoms with Gasteiger partial charge in [-0.1, -0.05) is 0 Å². The summed E-state index contributed by atoms with van der Waals surface area (Å²) in [4.78, 5) is 1.26. The van der Waals surface area contributed by atoms with Crippen LogP contribution in [0.2, 0.25) is 0 Å². The number of thiophene rings is 1. The second kappa shape index (κ2) is 3.78. The lowest BCUT2D eigenvalue weighted by Crippen LogP contribution is -2.11.